The molecular weight excluding hydrogens is 136 g/mol. The summed E-state index contributed by atoms with van der Waals surface area (Å²) in [6, 6.07) is 0. The maximum Gasteiger partial charge on any atom is 0.0647 e. The maximum absolute atomic E-state index is 4.62. The quantitative estimate of drug-likeness (QED) is 0.541. The number of aryl methyl sites for hydroxylation is 1. The van der Waals surface area contributed by atoms with Crippen LogP contribution >= 0.6 is 23.6 Å². The van der Waals surface area contributed by atoms with Crippen LogP contribution in [0.25, 0.3) is 0 Å². The van der Waals surface area contributed by atoms with Gasteiger partial charge in [0, 0.05) is 5.56 Å². The summed E-state index contributed by atoms with van der Waals surface area (Å²) in [6.45, 7) is 2.03. The third kappa shape index (κ3) is 0.956. The molecule has 0 N–H and O–H groups in total. The second kappa shape index (κ2) is 2.37. The SMILES string of the molecule is Cc1cscc1[C]=S. The van der Waals surface area contributed by atoms with Gasteiger partial charge >= 0.3 is 0 Å². The first kappa shape index (κ1) is 5.92. The number of thiophene rings is 1. The van der Waals surface area contributed by atoms with E-state index < -0.39 is 0 Å². The number of rotatable bonds is 1. The van der Waals surface area contributed by atoms with E-state index in [0.29, 0.717) is 0 Å². The average molecular weight is 141 g/mol. The van der Waals surface area contributed by atoms with Gasteiger partial charge in [0.2, 0.25) is 0 Å². The minimum absolute atomic E-state index is 1.06. The largest absolute Gasteiger partial charge is 0.151 e. The van der Waals surface area contributed by atoms with Crippen LogP contribution in [0.3, 0.4) is 0 Å². The van der Waals surface area contributed by atoms with Gasteiger partial charge in [-0.05, 0) is 23.2 Å². The zero-order valence-corrected chi connectivity index (χ0v) is 6.10. The molecule has 0 spiro atoms. The molecule has 0 saturated carbocycles. The Kier molecular flexibility index (Phi) is 1.76. The molecule has 1 radical (unpaired) electrons. The molecule has 0 saturated heterocycles. The lowest BCUT2D eigenvalue weighted by Gasteiger charge is -1.80. The van der Waals surface area contributed by atoms with Crippen LogP contribution in [0.2, 0.25) is 0 Å². The van der Waals surface area contributed by atoms with Gasteiger partial charge in [0.1, 0.15) is 0 Å². The molecule has 0 aromatic carbocycles. The molecule has 1 rings (SSSR count). The Bertz CT molecular complexity index is 188. The van der Waals surface area contributed by atoms with E-state index in [1.165, 1.54) is 5.56 Å². The second-order valence-corrected chi connectivity index (χ2v) is 2.52. The topological polar surface area (TPSA) is 0 Å². The predicted octanol–water partition coefficient (Wildman–Crippen LogP) is 2.28. The standard InChI is InChI=1S/C6H5S2/c1-5-3-8-4-6(5)2-7/h3-4H,1H3. The van der Waals surface area contributed by atoms with Crippen LogP contribution in [0.5, 0.6) is 0 Å². The molecule has 0 bridgehead atoms. The summed E-state index contributed by atoms with van der Waals surface area (Å²) in [4.78, 5) is 0. The van der Waals surface area contributed by atoms with Crippen LogP contribution < -0.4 is 0 Å². The smallest absolute Gasteiger partial charge is 0.0647 e. The highest BCUT2D eigenvalue weighted by Gasteiger charge is 1.91. The molecule has 1 aromatic heterocycles. The first-order chi connectivity index (χ1) is 3.84. The van der Waals surface area contributed by atoms with Crippen LogP contribution in [-0.4, -0.2) is 5.37 Å². The fourth-order valence-electron chi connectivity index (χ4n) is 0.465. The minimum atomic E-state index is 1.06. The van der Waals surface area contributed by atoms with Crippen molar-refractivity contribution in [3.05, 3.63) is 21.9 Å². The van der Waals surface area contributed by atoms with Gasteiger partial charge in [-0.1, -0.05) is 12.2 Å². The Morgan fingerprint density at radius 1 is 1.62 bits per heavy atom. The second-order valence-electron chi connectivity index (χ2n) is 1.57. The van der Waals surface area contributed by atoms with E-state index >= 15 is 0 Å². The Balaban J connectivity index is 3.09. The van der Waals surface area contributed by atoms with Gasteiger partial charge in [0.05, 0.1) is 5.37 Å². The molecule has 0 atom stereocenters. The summed E-state index contributed by atoms with van der Waals surface area (Å²) in [6.07, 6.45) is 0. The van der Waals surface area contributed by atoms with E-state index in [0.717, 1.165) is 5.56 Å². The summed E-state index contributed by atoms with van der Waals surface area (Å²) in [7, 11) is 0. The van der Waals surface area contributed by atoms with Crippen molar-refractivity contribution in [3.63, 3.8) is 0 Å². The monoisotopic (exact) mass is 141 g/mol. The number of hydrogen-bond donors (Lipinski definition) is 0. The number of thiocarbonyl (C=S) groups is 1. The molecule has 0 aliphatic heterocycles. The van der Waals surface area contributed by atoms with Gasteiger partial charge in [-0.25, -0.2) is 0 Å². The molecule has 2 heteroatoms. The molecular formula is C6H5S2. The Labute approximate surface area is 58.2 Å². The first-order valence-corrected chi connectivity index (χ1v) is 3.60. The summed E-state index contributed by atoms with van der Waals surface area (Å²) in [5, 5.41) is 6.74. The van der Waals surface area contributed by atoms with E-state index in [2.05, 4.69) is 23.0 Å². The van der Waals surface area contributed by atoms with Crippen molar-refractivity contribution in [3.8, 4) is 0 Å². The molecule has 0 aliphatic rings. The highest BCUT2D eigenvalue weighted by Crippen LogP contribution is 2.10. The Morgan fingerprint density at radius 2 is 2.38 bits per heavy atom. The molecule has 0 aliphatic carbocycles. The summed E-state index contributed by atoms with van der Waals surface area (Å²) < 4.78 is 0. The van der Waals surface area contributed by atoms with Gasteiger partial charge in [0.15, 0.2) is 0 Å². The fraction of sp³-hybridized carbons (Fsp3) is 0.167. The van der Waals surface area contributed by atoms with Crippen LogP contribution in [0.4, 0.5) is 0 Å². The van der Waals surface area contributed by atoms with Crippen molar-refractivity contribution in [2.45, 2.75) is 6.92 Å². The van der Waals surface area contributed by atoms with Gasteiger partial charge < -0.3 is 0 Å². The van der Waals surface area contributed by atoms with Gasteiger partial charge in [-0.2, -0.15) is 11.3 Å². The van der Waals surface area contributed by atoms with Crippen molar-refractivity contribution < 1.29 is 0 Å². The van der Waals surface area contributed by atoms with Crippen LogP contribution in [0, 0.1) is 6.92 Å². The third-order valence-corrected chi connectivity index (χ3v) is 2.05. The van der Waals surface area contributed by atoms with E-state index in [9.17, 15) is 0 Å². The van der Waals surface area contributed by atoms with Gasteiger partial charge in [-0.3, -0.25) is 0 Å². The van der Waals surface area contributed by atoms with Crippen LogP contribution in [-0.2, 0) is 0 Å². The summed E-state index contributed by atoms with van der Waals surface area (Å²) in [5.41, 5.74) is 2.29. The lowest BCUT2D eigenvalue weighted by Crippen LogP contribution is -1.72. The summed E-state index contributed by atoms with van der Waals surface area (Å²) >= 11 is 6.28. The zero-order chi connectivity index (χ0) is 5.98. The van der Waals surface area contributed by atoms with E-state index in [4.69, 9.17) is 0 Å². The molecule has 0 nitrogen and oxygen atoms in total. The molecule has 0 unspecified atom stereocenters. The highest BCUT2D eigenvalue weighted by atomic mass is 32.1. The molecule has 0 fully saturated rings. The molecule has 1 heterocycles. The molecule has 41 valence electrons. The molecule has 1 aromatic rings. The van der Waals surface area contributed by atoms with Crippen molar-refractivity contribution in [1.29, 1.82) is 0 Å². The average Bonchev–Trinajstić information content (AvgIpc) is 2.14. The van der Waals surface area contributed by atoms with E-state index in [1.54, 1.807) is 11.3 Å². The maximum atomic E-state index is 4.62. The van der Waals surface area contributed by atoms with Gasteiger partial charge in [-0.15, -0.1) is 0 Å². The van der Waals surface area contributed by atoms with Crippen molar-refractivity contribution in [1.82, 2.24) is 0 Å². The summed E-state index contributed by atoms with van der Waals surface area (Å²) in [5.74, 6) is 0. The van der Waals surface area contributed by atoms with Crippen molar-refractivity contribution >= 4 is 28.9 Å². The fourth-order valence-corrected chi connectivity index (χ4v) is 1.54. The number of hydrogen-bond acceptors (Lipinski definition) is 2. The third-order valence-electron chi connectivity index (χ3n) is 0.966. The highest BCUT2D eigenvalue weighted by molar-refractivity contribution is 7.79. The van der Waals surface area contributed by atoms with Crippen LogP contribution in [0.1, 0.15) is 11.1 Å². The molecule has 0 amide bonds. The lowest BCUT2D eigenvalue weighted by molar-refractivity contribution is 1.54. The Hall–Kier alpha value is -0.210. The normalized spacial score (nSPS) is 9.12. The first-order valence-electron chi connectivity index (χ1n) is 2.25. The van der Waals surface area contributed by atoms with Gasteiger partial charge in [0.25, 0.3) is 0 Å². The minimum Gasteiger partial charge on any atom is -0.151 e. The lowest BCUT2D eigenvalue weighted by atomic mass is 10.2. The van der Waals surface area contributed by atoms with Crippen molar-refractivity contribution in [2.24, 2.45) is 0 Å². The van der Waals surface area contributed by atoms with E-state index in [1.807, 2.05) is 12.3 Å². The Morgan fingerprint density at radius 3 is 2.62 bits per heavy atom. The van der Waals surface area contributed by atoms with Crippen LogP contribution in [0.15, 0.2) is 10.8 Å². The van der Waals surface area contributed by atoms with E-state index in [-0.39, 0.29) is 0 Å². The zero-order valence-electron chi connectivity index (χ0n) is 4.47. The predicted molar refractivity (Wildman–Crippen MR) is 40.8 cm³/mol. The van der Waals surface area contributed by atoms with Crippen molar-refractivity contribution in [2.75, 3.05) is 0 Å². The molecule has 8 heavy (non-hydrogen) atoms.